The molecule has 0 spiro atoms. The highest BCUT2D eigenvalue weighted by molar-refractivity contribution is 6.21. The molecule has 31 heavy (non-hydrogen) atoms. The van der Waals surface area contributed by atoms with Crippen molar-refractivity contribution in [3.8, 4) is 5.88 Å². The van der Waals surface area contributed by atoms with Crippen LogP contribution in [0.5, 0.6) is 5.88 Å². The molecule has 0 atom stereocenters. The predicted molar refractivity (Wildman–Crippen MR) is 115 cm³/mol. The van der Waals surface area contributed by atoms with Crippen LogP contribution in [0.4, 0.5) is 5.69 Å². The summed E-state index contributed by atoms with van der Waals surface area (Å²) < 4.78 is 7.16. The van der Waals surface area contributed by atoms with Crippen molar-refractivity contribution in [1.82, 2.24) is 14.6 Å². The van der Waals surface area contributed by atoms with Crippen molar-refractivity contribution in [2.45, 2.75) is 33.7 Å². The minimum absolute atomic E-state index is 0.0178. The molecule has 0 fully saturated rings. The Labute approximate surface area is 179 Å². The third-order valence-corrected chi connectivity index (χ3v) is 5.50. The third kappa shape index (κ3) is 3.41. The normalized spacial score (nSPS) is 15.4. The zero-order valence-electron chi connectivity index (χ0n) is 17.8. The standard InChI is InChI=1S/C22H23N5O4/c1-5-15-12-18-17(9-10-19(31-4)26(18)23-15)20-22(2,3)21(28)25(24-20)13-14-7-6-8-16(11-14)27(29)30/h6-12H,5,13H2,1-4H3. The van der Waals surface area contributed by atoms with Gasteiger partial charge in [-0.15, -0.1) is 0 Å². The molecule has 0 saturated heterocycles. The minimum Gasteiger partial charge on any atom is -0.481 e. The number of nitro groups is 1. The highest BCUT2D eigenvalue weighted by atomic mass is 16.6. The van der Waals surface area contributed by atoms with Crippen molar-refractivity contribution < 1.29 is 14.5 Å². The number of pyridine rings is 1. The fourth-order valence-corrected chi connectivity index (χ4v) is 3.78. The predicted octanol–water partition coefficient (Wildman–Crippen LogP) is 3.59. The van der Waals surface area contributed by atoms with Gasteiger partial charge in [0.05, 0.1) is 40.9 Å². The number of hydrogen-bond donors (Lipinski definition) is 0. The van der Waals surface area contributed by atoms with E-state index in [2.05, 4.69) is 10.2 Å². The number of fused-ring (bicyclic) bond motifs is 1. The van der Waals surface area contributed by atoms with Crippen LogP contribution in [0.15, 0.2) is 47.6 Å². The molecule has 0 N–H and O–H groups in total. The Morgan fingerprint density at radius 3 is 2.65 bits per heavy atom. The van der Waals surface area contributed by atoms with E-state index in [4.69, 9.17) is 4.74 Å². The molecular formula is C22H23N5O4. The largest absolute Gasteiger partial charge is 0.481 e. The van der Waals surface area contributed by atoms with Gasteiger partial charge in [0, 0.05) is 23.8 Å². The number of methoxy groups -OCH3 is 1. The number of benzene rings is 1. The van der Waals surface area contributed by atoms with Gasteiger partial charge in [-0.2, -0.15) is 10.2 Å². The van der Waals surface area contributed by atoms with Crippen LogP contribution in [0.1, 0.15) is 37.6 Å². The van der Waals surface area contributed by atoms with Crippen molar-refractivity contribution in [1.29, 1.82) is 0 Å². The quantitative estimate of drug-likeness (QED) is 0.447. The Bertz CT molecular complexity index is 1230. The van der Waals surface area contributed by atoms with E-state index in [1.807, 2.05) is 32.9 Å². The summed E-state index contributed by atoms with van der Waals surface area (Å²) in [5.74, 6) is 0.424. The molecule has 0 aliphatic carbocycles. The molecule has 3 aromatic rings. The molecule has 4 rings (SSSR count). The molecule has 1 aliphatic heterocycles. The van der Waals surface area contributed by atoms with E-state index < -0.39 is 10.3 Å². The van der Waals surface area contributed by atoms with Gasteiger partial charge in [-0.3, -0.25) is 14.9 Å². The van der Waals surface area contributed by atoms with Gasteiger partial charge in [-0.25, -0.2) is 9.52 Å². The van der Waals surface area contributed by atoms with Crippen LogP contribution in [-0.4, -0.2) is 38.3 Å². The van der Waals surface area contributed by atoms with Gasteiger partial charge in [0.15, 0.2) is 0 Å². The molecule has 0 unspecified atom stereocenters. The number of aryl methyl sites for hydroxylation is 1. The Balaban J connectivity index is 1.78. The zero-order valence-corrected chi connectivity index (χ0v) is 17.8. The first-order valence-corrected chi connectivity index (χ1v) is 9.96. The van der Waals surface area contributed by atoms with E-state index in [1.54, 1.807) is 29.8 Å². The van der Waals surface area contributed by atoms with Gasteiger partial charge in [0.25, 0.3) is 11.6 Å². The van der Waals surface area contributed by atoms with Gasteiger partial charge in [0.1, 0.15) is 0 Å². The highest BCUT2D eigenvalue weighted by Crippen LogP contribution is 2.35. The first-order chi connectivity index (χ1) is 14.8. The Hall–Kier alpha value is -3.75. The monoisotopic (exact) mass is 421 g/mol. The van der Waals surface area contributed by atoms with Crippen molar-refractivity contribution in [2.24, 2.45) is 10.5 Å². The van der Waals surface area contributed by atoms with Crippen molar-refractivity contribution >= 4 is 22.8 Å². The third-order valence-electron chi connectivity index (χ3n) is 5.50. The molecule has 9 nitrogen and oxygen atoms in total. The van der Waals surface area contributed by atoms with E-state index in [0.29, 0.717) is 17.2 Å². The van der Waals surface area contributed by atoms with E-state index in [0.717, 1.165) is 23.2 Å². The summed E-state index contributed by atoms with van der Waals surface area (Å²) in [5.41, 5.74) is 2.89. The summed E-state index contributed by atoms with van der Waals surface area (Å²) in [4.78, 5) is 23.8. The van der Waals surface area contributed by atoms with Gasteiger partial charge in [-0.05, 0) is 38.0 Å². The van der Waals surface area contributed by atoms with Crippen molar-refractivity contribution in [3.63, 3.8) is 0 Å². The van der Waals surface area contributed by atoms with Crippen LogP contribution < -0.4 is 4.74 Å². The molecule has 9 heteroatoms. The topological polar surface area (TPSA) is 102 Å². The number of carbonyl (C=O) groups excluding carboxylic acids is 1. The molecule has 3 heterocycles. The minimum atomic E-state index is -0.869. The number of rotatable bonds is 6. The highest BCUT2D eigenvalue weighted by Gasteiger charge is 2.44. The lowest BCUT2D eigenvalue weighted by Gasteiger charge is -2.20. The van der Waals surface area contributed by atoms with Gasteiger partial charge < -0.3 is 4.74 Å². The Morgan fingerprint density at radius 1 is 1.19 bits per heavy atom. The van der Waals surface area contributed by atoms with Crippen LogP contribution in [0.25, 0.3) is 5.52 Å². The summed E-state index contributed by atoms with van der Waals surface area (Å²) >= 11 is 0. The Morgan fingerprint density at radius 2 is 1.97 bits per heavy atom. The van der Waals surface area contributed by atoms with Crippen molar-refractivity contribution in [2.75, 3.05) is 7.11 Å². The zero-order chi connectivity index (χ0) is 22.3. The number of carbonyl (C=O) groups is 1. The first kappa shape index (κ1) is 20.5. The summed E-state index contributed by atoms with van der Waals surface area (Å²) in [6.07, 6.45) is 0.762. The number of ether oxygens (including phenoxy) is 1. The number of hydrazone groups is 1. The SMILES string of the molecule is CCc1cc2c(C3=NN(Cc4cccc([N+](=O)[O-])c4)C(=O)C3(C)C)ccc(OC)n2n1. The number of nitro benzene ring substituents is 1. The molecule has 0 radical (unpaired) electrons. The maximum Gasteiger partial charge on any atom is 0.269 e. The van der Waals surface area contributed by atoms with E-state index in [-0.39, 0.29) is 18.1 Å². The summed E-state index contributed by atoms with van der Waals surface area (Å²) in [6, 6.07) is 11.9. The molecule has 160 valence electrons. The number of amides is 1. The van der Waals surface area contributed by atoms with Gasteiger partial charge in [0.2, 0.25) is 5.88 Å². The van der Waals surface area contributed by atoms with E-state index in [9.17, 15) is 14.9 Å². The molecule has 1 aromatic carbocycles. The maximum absolute atomic E-state index is 13.2. The van der Waals surface area contributed by atoms with E-state index >= 15 is 0 Å². The second-order valence-electron chi connectivity index (χ2n) is 7.94. The second-order valence-corrected chi connectivity index (χ2v) is 7.94. The first-order valence-electron chi connectivity index (χ1n) is 9.96. The fraction of sp³-hybridized carbons (Fsp3) is 0.318. The lowest BCUT2D eigenvalue weighted by molar-refractivity contribution is -0.384. The molecular weight excluding hydrogens is 398 g/mol. The molecule has 1 amide bonds. The van der Waals surface area contributed by atoms with Gasteiger partial charge >= 0.3 is 0 Å². The van der Waals surface area contributed by atoms with Gasteiger partial charge in [-0.1, -0.05) is 19.1 Å². The van der Waals surface area contributed by atoms with E-state index in [1.165, 1.54) is 17.1 Å². The number of aromatic nitrogens is 2. The summed E-state index contributed by atoms with van der Waals surface area (Å²) in [7, 11) is 1.59. The smallest absolute Gasteiger partial charge is 0.269 e. The average molecular weight is 421 g/mol. The van der Waals surface area contributed by atoms with Crippen molar-refractivity contribution in [3.05, 3.63) is 69.4 Å². The van der Waals surface area contributed by atoms with Crippen LogP contribution in [0, 0.1) is 15.5 Å². The fourth-order valence-electron chi connectivity index (χ4n) is 3.78. The molecule has 0 saturated carbocycles. The number of non-ortho nitro benzene ring substituents is 1. The maximum atomic E-state index is 13.2. The molecule has 2 aromatic heterocycles. The summed E-state index contributed by atoms with van der Waals surface area (Å²) in [6.45, 7) is 5.84. The lowest BCUT2D eigenvalue weighted by atomic mass is 9.83. The van der Waals surface area contributed by atoms with Crippen LogP contribution in [0.3, 0.4) is 0 Å². The molecule has 0 bridgehead atoms. The van der Waals surface area contributed by atoms with Crippen LogP contribution in [0.2, 0.25) is 0 Å². The summed E-state index contributed by atoms with van der Waals surface area (Å²) in [5, 5.41) is 21.7. The van der Waals surface area contributed by atoms with Crippen LogP contribution >= 0.6 is 0 Å². The number of nitrogens with zero attached hydrogens (tertiary/aromatic N) is 5. The Kier molecular flexibility index (Phi) is 4.96. The lowest BCUT2D eigenvalue weighted by Crippen LogP contribution is -2.34. The second kappa shape index (κ2) is 7.50. The molecule has 1 aliphatic rings. The number of hydrogen-bond acceptors (Lipinski definition) is 6. The van der Waals surface area contributed by atoms with Crippen LogP contribution in [-0.2, 0) is 17.8 Å². The average Bonchev–Trinajstić information content (AvgIpc) is 3.28.